The summed E-state index contributed by atoms with van der Waals surface area (Å²) in [6.45, 7) is 0. The number of benzene rings is 1. The van der Waals surface area contributed by atoms with Crippen LogP contribution >= 0.6 is 0 Å². The zero-order valence-electron chi connectivity index (χ0n) is 9.91. The summed E-state index contributed by atoms with van der Waals surface area (Å²) < 4.78 is 39.1. The molecule has 1 aromatic rings. The Morgan fingerprint density at radius 2 is 1.85 bits per heavy atom. The van der Waals surface area contributed by atoms with Gasteiger partial charge in [-0.15, -0.1) is 12.3 Å². The molecule has 0 aliphatic heterocycles. The molecule has 1 aromatic carbocycles. The molecule has 5 nitrogen and oxygen atoms in total. The van der Waals surface area contributed by atoms with Crippen molar-refractivity contribution in [3.8, 4) is 12.3 Å². The van der Waals surface area contributed by atoms with Gasteiger partial charge in [0.25, 0.3) is 0 Å². The van der Waals surface area contributed by atoms with Crippen molar-refractivity contribution >= 4 is 17.7 Å². The van der Waals surface area contributed by atoms with Gasteiger partial charge in [-0.05, 0) is 0 Å². The lowest BCUT2D eigenvalue weighted by Gasteiger charge is -2.13. The number of hydrogen-bond donors (Lipinski definition) is 3. The number of carboxylic acid groups (broad SMARTS) is 1. The number of urea groups is 1. The number of carboxylic acids is 1. The molecule has 0 bridgehead atoms. The third-order valence-electron chi connectivity index (χ3n) is 2.17. The molecule has 0 radical (unpaired) electrons. The fourth-order valence-electron chi connectivity index (χ4n) is 1.29. The van der Waals surface area contributed by atoms with Gasteiger partial charge in [0, 0.05) is 18.6 Å². The number of amides is 2. The van der Waals surface area contributed by atoms with Gasteiger partial charge < -0.3 is 15.7 Å². The smallest absolute Gasteiger partial charge is 0.327 e. The van der Waals surface area contributed by atoms with E-state index in [1.165, 1.54) is 0 Å². The Kier molecular flexibility index (Phi) is 4.97. The van der Waals surface area contributed by atoms with Crippen molar-refractivity contribution in [1.82, 2.24) is 5.32 Å². The molecule has 1 rings (SSSR count). The van der Waals surface area contributed by atoms with Gasteiger partial charge in [0.1, 0.15) is 17.5 Å². The van der Waals surface area contributed by atoms with Gasteiger partial charge in [-0.1, -0.05) is 0 Å². The lowest BCUT2D eigenvalue weighted by atomic mass is 10.2. The van der Waals surface area contributed by atoms with Crippen molar-refractivity contribution in [2.45, 2.75) is 12.5 Å². The van der Waals surface area contributed by atoms with Crippen LogP contribution in [-0.4, -0.2) is 23.1 Å². The van der Waals surface area contributed by atoms with E-state index in [4.69, 9.17) is 11.5 Å². The number of rotatable bonds is 4. The Hall–Kier alpha value is -2.69. The first-order valence-corrected chi connectivity index (χ1v) is 5.23. The Bertz CT molecular complexity index is 561. The predicted octanol–water partition coefficient (Wildman–Crippen LogP) is 1.70. The molecular weight excluding hydrogens is 277 g/mol. The Labute approximate surface area is 111 Å². The van der Waals surface area contributed by atoms with E-state index in [9.17, 15) is 22.8 Å². The average Bonchev–Trinajstić information content (AvgIpc) is 2.33. The van der Waals surface area contributed by atoms with E-state index in [0.717, 1.165) is 0 Å². The number of carbonyl (C=O) groups is 2. The number of anilines is 1. The molecule has 1 atom stereocenters. The molecule has 0 saturated heterocycles. The van der Waals surface area contributed by atoms with E-state index >= 15 is 0 Å². The maximum absolute atomic E-state index is 13.2. The monoisotopic (exact) mass is 286 g/mol. The van der Waals surface area contributed by atoms with Crippen LogP contribution < -0.4 is 10.6 Å². The molecule has 2 amide bonds. The van der Waals surface area contributed by atoms with Crippen molar-refractivity contribution in [3.05, 3.63) is 29.6 Å². The molecular formula is C12H9F3N2O3. The topological polar surface area (TPSA) is 78.4 Å². The van der Waals surface area contributed by atoms with Crippen molar-refractivity contribution in [2.24, 2.45) is 0 Å². The first kappa shape index (κ1) is 15.4. The normalized spacial score (nSPS) is 11.3. The second-order valence-electron chi connectivity index (χ2n) is 3.64. The van der Waals surface area contributed by atoms with Gasteiger partial charge in [0.15, 0.2) is 11.6 Å². The zero-order chi connectivity index (χ0) is 15.3. The lowest BCUT2D eigenvalue weighted by Crippen LogP contribution is -2.43. The number of hydrogen-bond acceptors (Lipinski definition) is 2. The van der Waals surface area contributed by atoms with Gasteiger partial charge >= 0.3 is 12.0 Å². The SMILES string of the molecule is C#CCC(NC(=O)Nc1c(F)cc(F)cc1F)C(=O)O. The zero-order valence-corrected chi connectivity index (χ0v) is 9.91. The highest BCUT2D eigenvalue weighted by molar-refractivity contribution is 5.92. The number of halogens is 3. The van der Waals surface area contributed by atoms with Crippen LogP contribution in [0.25, 0.3) is 0 Å². The molecule has 0 aliphatic carbocycles. The molecule has 8 heteroatoms. The van der Waals surface area contributed by atoms with E-state index in [1.54, 1.807) is 5.32 Å². The van der Waals surface area contributed by atoms with Crippen LogP contribution in [0.3, 0.4) is 0 Å². The van der Waals surface area contributed by atoms with Gasteiger partial charge in [-0.3, -0.25) is 0 Å². The number of nitrogens with one attached hydrogen (secondary N) is 2. The van der Waals surface area contributed by atoms with Crippen LogP contribution in [-0.2, 0) is 4.79 Å². The summed E-state index contributed by atoms with van der Waals surface area (Å²) in [6, 6.07) is -1.85. The van der Waals surface area contributed by atoms with Gasteiger partial charge in [0.05, 0.1) is 0 Å². The van der Waals surface area contributed by atoms with Gasteiger partial charge in [-0.25, -0.2) is 22.8 Å². The summed E-state index contributed by atoms with van der Waals surface area (Å²) in [5.41, 5.74) is -0.895. The lowest BCUT2D eigenvalue weighted by molar-refractivity contribution is -0.139. The number of terminal acetylenes is 1. The Balaban J connectivity index is 2.81. The predicted molar refractivity (Wildman–Crippen MR) is 63.3 cm³/mol. The van der Waals surface area contributed by atoms with Crippen molar-refractivity contribution in [1.29, 1.82) is 0 Å². The van der Waals surface area contributed by atoms with Gasteiger partial charge in [-0.2, -0.15) is 0 Å². The number of carbonyl (C=O) groups excluding carboxylic acids is 1. The van der Waals surface area contributed by atoms with Gasteiger partial charge in [0.2, 0.25) is 0 Å². The highest BCUT2D eigenvalue weighted by Crippen LogP contribution is 2.19. The maximum Gasteiger partial charge on any atom is 0.327 e. The molecule has 0 fully saturated rings. The summed E-state index contributed by atoms with van der Waals surface area (Å²) >= 11 is 0. The van der Waals surface area contributed by atoms with E-state index in [1.807, 2.05) is 11.2 Å². The quantitative estimate of drug-likeness (QED) is 0.737. The largest absolute Gasteiger partial charge is 0.480 e. The second kappa shape index (κ2) is 6.47. The van der Waals surface area contributed by atoms with Crippen LogP contribution in [0.5, 0.6) is 0 Å². The van der Waals surface area contributed by atoms with Crippen molar-refractivity contribution < 1.29 is 27.9 Å². The molecule has 0 spiro atoms. The highest BCUT2D eigenvalue weighted by Gasteiger charge is 2.20. The summed E-state index contributed by atoms with van der Waals surface area (Å²) in [6.07, 6.45) is 4.61. The molecule has 106 valence electrons. The molecule has 0 aromatic heterocycles. The first-order valence-electron chi connectivity index (χ1n) is 5.23. The summed E-state index contributed by atoms with van der Waals surface area (Å²) in [5, 5.41) is 12.4. The second-order valence-corrected chi connectivity index (χ2v) is 3.64. The van der Waals surface area contributed by atoms with Crippen LogP contribution in [0.2, 0.25) is 0 Å². The van der Waals surface area contributed by atoms with E-state index in [2.05, 4.69) is 0 Å². The van der Waals surface area contributed by atoms with Crippen LogP contribution in [0.4, 0.5) is 23.7 Å². The van der Waals surface area contributed by atoms with Crippen LogP contribution in [0.15, 0.2) is 12.1 Å². The summed E-state index contributed by atoms with van der Waals surface area (Å²) in [7, 11) is 0. The van der Waals surface area contributed by atoms with E-state index in [0.29, 0.717) is 12.1 Å². The first-order chi connectivity index (χ1) is 9.35. The molecule has 20 heavy (non-hydrogen) atoms. The fraction of sp³-hybridized carbons (Fsp3) is 0.167. The minimum Gasteiger partial charge on any atom is -0.480 e. The van der Waals surface area contributed by atoms with Crippen molar-refractivity contribution in [2.75, 3.05) is 5.32 Å². The van der Waals surface area contributed by atoms with E-state index in [-0.39, 0.29) is 6.42 Å². The molecule has 0 saturated carbocycles. The van der Waals surface area contributed by atoms with Crippen molar-refractivity contribution in [3.63, 3.8) is 0 Å². The minimum atomic E-state index is -1.41. The third kappa shape index (κ3) is 3.91. The summed E-state index contributed by atoms with van der Waals surface area (Å²) in [4.78, 5) is 22.1. The average molecular weight is 286 g/mol. The standard InChI is InChI=1S/C12H9F3N2O3/c1-2-3-9(11(18)19)16-12(20)17-10-7(14)4-6(13)5-8(10)15/h1,4-5,9H,3H2,(H,18,19)(H2,16,17,20). The Morgan fingerprint density at radius 1 is 1.30 bits per heavy atom. The fourth-order valence-corrected chi connectivity index (χ4v) is 1.29. The number of aliphatic carboxylic acids is 1. The molecule has 0 aliphatic rings. The molecule has 1 unspecified atom stereocenters. The molecule has 3 N–H and O–H groups in total. The van der Waals surface area contributed by atoms with E-state index < -0.39 is 41.2 Å². The molecule has 0 heterocycles. The van der Waals surface area contributed by atoms with Crippen LogP contribution in [0, 0.1) is 29.8 Å². The maximum atomic E-state index is 13.2. The third-order valence-corrected chi connectivity index (χ3v) is 2.17. The van der Waals surface area contributed by atoms with Crippen LogP contribution in [0.1, 0.15) is 6.42 Å². The minimum absolute atomic E-state index is 0.308. The Morgan fingerprint density at radius 3 is 2.30 bits per heavy atom. The highest BCUT2D eigenvalue weighted by atomic mass is 19.1. The summed E-state index contributed by atoms with van der Waals surface area (Å²) in [5.74, 6) is -3.19.